The van der Waals surface area contributed by atoms with E-state index >= 15 is 0 Å². The third kappa shape index (κ3) is 4.00. The number of carbonyl (C=O) groups excluding carboxylic acids is 1. The van der Waals surface area contributed by atoms with Gasteiger partial charge in [-0.1, -0.05) is 56.7 Å². The van der Waals surface area contributed by atoms with E-state index in [0.29, 0.717) is 17.7 Å². The lowest BCUT2D eigenvalue weighted by atomic mass is 9.78. The third-order valence-electron chi connectivity index (χ3n) is 6.31. The lowest BCUT2D eigenvalue weighted by Gasteiger charge is -2.44. The summed E-state index contributed by atoms with van der Waals surface area (Å²) in [5.74, 6) is 1.93. The molecule has 5 heteroatoms. The Morgan fingerprint density at radius 3 is 2.82 bits per heavy atom. The number of imidazole rings is 1. The maximum absolute atomic E-state index is 13.0. The van der Waals surface area contributed by atoms with Crippen LogP contribution >= 0.6 is 11.8 Å². The van der Waals surface area contributed by atoms with Crippen molar-refractivity contribution in [2.24, 2.45) is 5.92 Å². The van der Waals surface area contributed by atoms with Gasteiger partial charge in [-0.3, -0.25) is 9.36 Å². The highest BCUT2D eigenvalue weighted by molar-refractivity contribution is 7.99. The summed E-state index contributed by atoms with van der Waals surface area (Å²) in [6.45, 7) is 5.36. The molecule has 1 saturated carbocycles. The first-order chi connectivity index (χ1) is 13.6. The molecule has 4 nitrogen and oxygen atoms in total. The Hall–Kier alpha value is -1.75. The zero-order valence-corrected chi connectivity index (χ0v) is 17.8. The number of carbonyl (C=O) groups is 1. The average Bonchev–Trinajstić information content (AvgIpc) is 3.20. The van der Waals surface area contributed by atoms with Crippen molar-refractivity contribution in [3.8, 4) is 5.69 Å². The minimum Gasteiger partial charge on any atom is -0.339 e. The summed E-state index contributed by atoms with van der Waals surface area (Å²) in [5.41, 5.74) is 2.46. The highest BCUT2D eigenvalue weighted by Gasteiger charge is 2.35. The van der Waals surface area contributed by atoms with Gasteiger partial charge in [-0.2, -0.15) is 0 Å². The first kappa shape index (κ1) is 19.6. The summed E-state index contributed by atoms with van der Waals surface area (Å²) < 4.78 is 2.13. The molecule has 0 bridgehead atoms. The fourth-order valence-corrected chi connectivity index (χ4v) is 5.77. The monoisotopic (exact) mass is 397 g/mol. The Kier molecular flexibility index (Phi) is 6.10. The second-order valence-corrected chi connectivity index (χ2v) is 9.37. The molecule has 4 rings (SSSR count). The van der Waals surface area contributed by atoms with Crippen LogP contribution in [0.4, 0.5) is 0 Å². The predicted octanol–water partition coefficient (Wildman–Crippen LogP) is 5.27. The Labute approximate surface area is 172 Å². The van der Waals surface area contributed by atoms with Crippen molar-refractivity contribution in [1.29, 1.82) is 0 Å². The highest BCUT2D eigenvalue weighted by Crippen LogP contribution is 2.36. The quantitative estimate of drug-likeness (QED) is 0.645. The number of aromatic nitrogens is 2. The predicted molar refractivity (Wildman–Crippen MR) is 115 cm³/mol. The largest absolute Gasteiger partial charge is 0.339 e. The molecule has 1 aliphatic carbocycles. The zero-order valence-electron chi connectivity index (χ0n) is 17.0. The average molecular weight is 398 g/mol. The smallest absolute Gasteiger partial charge is 0.233 e. The van der Waals surface area contributed by atoms with Crippen molar-refractivity contribution in [1.82, 2.24) is 14.5 Å². The number of rotatable bonds is 5. The van der Waals surface area contributed by atoms with Crippen LogP contribution in [0.15, 0.2) is 41.8 Å². The van der Waals surface area contributed by atoms with E-state index in [9.17, 15) is 4.79 Å². The molecular formula is C23H31N3OS. The molecule has 1 aromatic heterocycles. The molecule has 0 spiro atoms. The van der Waals surface area contributed by atoms with Crippen LogP contribution in [0.25, 0.3) is 5.69 Å². The first-order valence-corrected chi connectivity index (χ1v) is 11.7. The standard InChI is InChI=1S/C23H31N3OS/c1-17(2)19-10-4-6-12-21(19)26-15-13-24-23(26)28-16-22(27)25-14-7-9-18-8-3-5-11-20(18)25/h4,6,10,12-13,15,17-18,20H,3,5,7-9,11,14,16H2,1-2H3. The topological polar surface area (TPSA) is 38.1 Å². The molecule has 1 saturated heterocycles. The number of piperidine rings is 1. The summed E-state index contributed by atoms with van der Waals surface area (Å²) in [6, 6.07) is 8.95. The number of thioether (sulfide) groups is 1. The number of para-hydroxylation sites is 1. The maximum Gasteiger partial charge on any atom is 0.233 e. The normalized spacial score (nSPS) is 22.3. The van der Waals surface area contributed by atoms with E-state index in [1.165, 1.54) is 37.7 Å². The van der Waals surface area contributed by atoms with Crippen molar-refractivity contribution in [3.05, 3.63) is 42.2 Å². The molecule has 0 radical (unpaired) electrons. The molecule has 1 aromatic carbocycles. The minimum absolute atomic E-state index is 0.285. The van der Waals surface area contributed by atoms with E-state index in [-0.39, 0.29) is 5.91 Å². The molecule has 2 atom stereocenters. The fourth-order valence-electron chi connectivity index (χ4n) is 4.92. The van der Waals surface area contributed by atoms with Crippen molar-refractivity contribution >= 4 is 17.7 Å². The number of amides is 1. The van der Waals surface area contributed by atoms with Crippen LogP contribution in [0.5, 0.6) is 0 Å². The lowest BCUT2D eigenvalue weighted by molar-refractivity contribution is -0.134. The molecule has 28 heavy (non-hydrogen) atoms. The van der Waals surface area contributed by atoms with Crippen LogP contribution in [-0.2, 0) is 4.79 Å². The molecule has 1 amide bonds. The van der Waals surface area contributed by atoms with E-state index in [1.54, 1.807) is 11.8 Å². The van der Waals surface area contributed by atoms with Crippen LogP contribution in [-0.4, -0.2) is 38.7 Å². The van der Waals surface area contributed by atoms with Crippen LogP contribution in [0, 0.1) is 5.92 Å². The Balaban J connectivity index is 1.47. The van der Waals surface area contributed by atoms with Crippen LogP contribution in [0.1, 0.15) is 63.9 Å². The number of fused-ring (bicyclic) bond motifs is 1. The van der Waals surface area contributed by atoms with E-state index in [0.717, 1.165) is 29.7 Å². The molecule has 2 aliphatic rings. The van der Waals surface area contributed by atoms with Gasteiger partial charge in [0, 0.05) is 25.0 Å². The minimum atomic E-state index is 0.285. The van der Waals surface area contributed by atoms with Gasteiger partial charge in [0.25, 0.3) is 0 Å². The number of hydrogen-bond donors (Lipinski definition) is 0. The van der Waals surface area contributed by atoms with Gasteiger partial charge in [-0.15, -0.1) is 0 Å². The Bertz CT molecular complexity index is 814. The second kappa shape index (κ2) is 8.73. The van der Waals surface area contributed by atoms with E-state index in [2.05, 4.69) is 52.6 Å². The van der Waals surface area contributed by atoms with Crippen LogP contribution < -0.4 is 0 Å². The molecule has 2 heterocycles. The van der Waals surface area contributed by atoms with Crippen LogP contribution in [0.3, 0.4) is 0 Å². The molecule has 150 valence electrons. The van der Waals surface area contributed by atoms with Gasteiger partial charge >= 0.3 is 0 Å². The third-order valence-corrected chi connectivity index (χ3v) is 7.26. The SMILES string of the molecule is CC(C)c1ccccc1-n1ccnc1SCC(=O)N1CCCC2CCCCC21. The number of benzene rings is 1. The van der Waals surface area contributed by atoms with Gasteiger partial charge in [0.1, 0.15) is 0 Å². The van der Waals surface area contributed by atoms with Crippen molar-refractivity contribution < 1.29 is 4.79 Å². The lowest BCUT2D eigenvalue weighted by Crippen LogP contribution is -2.50. The van der Waals surface area contributed by atoms with Gasteiger partial charge in [-0.25, -0.2) is 4.98 Å². The molecule has 0 N–H and O–H groups in total. The molecular weight excluding hydrogens is 366 g/mol. The molecule has 2 fully saturated rings. The van der Waals surface area contributed by atoms with Crippen molar-refractivity contribution in [2.75, 3.05) is 12.3 Å². The number of hydrogen-bond acceptors (Lipinski definition) is 3. The molecule has 2 unspecified atom stereocenters. The number of nitrogens with zero attached hydrogens (tertiary/aromatic N) is 3. The zero-order chi connectivity index (χ0) is 19.5. The van der Waals surface area contributed by atoms with Crippen LogP contribution in [0.2, 0.25) is 0 Å². The van der Waals surface area contributed by atoms with Gasteiger partial charge in [0.05, 0.1) is 11.4 Å². The van der Waals surface area contributed by atoms with Crippen molar-refractivity contribution in [3.63, 3.8) is 0 Å². The van der Waals surface area contributed by atoms with E-state index in [1.807, 2.05) is 12.4 Å². The maximum atomic E-state index is 13.0. The van der Waals surface area contributed by atoms with Crippen molar-refractivity contribution in [2.45, 2.75) is 69.5 Å². The summed E-state index contributed by atoms with van der Waals surface area (Å²) in [7, 11) is 0. The van der Waals surface area contributed by atoms with Gasteiger partial charge in [-0.05, 0) is 49.1 Å². The Morgan fingerprint density at radius 1 is 1.18 bits per heavy atom. The van der Waals surface area contributed by atoms with Gasteiger partial charge in [0.2, 0.25) is 5.91 Å². The number of likely N-dealkylation sites (tertiary alicyclic amines) is 1. The molecule has 2 aromatic rings. The van der Waals surface area contributed by atoms with E-state index < -0.39 is 0 Å². The summed E-state index contributed by atoms with van der Waals surface area (Å²) in [6.07, 6.45) is 11.4. The first-order valence-electron chi connectivity index (χ1n) is 10.7. The highest BCUT2D eigenvalue weighted by atomic mass is 32.2. The summed E-state index contributed by atoms with van der Waals surface area (Å²) >= 11 is 1.57. The summed E-state index contributed by atoms with van der Waals surface area (Å²) in [4.78, 5) is 19.8. The fraction of sp³-hybridized carbons (Fsp3) is 0.565. The summed E-state index contributed by atoms with van der Waals surface area (Å²) in [5, 5.41) is 0.902. The second-order valence-electron chi connectivity index (χ2n) is 8.42. The van der Waals surface area contributed by atoms with E-state index in [4.69, 9.17) is 0 Å². The van der Waals surface area contributed by atoms with Gasteiger partial charge < -0.3 is 4.90 Å². The molecule has 1 aliphatic heterocycles. The van der Waals surface area contributed by atoms with Gasteiger partial charge in [0.15, 0.2) is 5.16 Å². The Morgan fingerprint density at radius 2 is 1.96 bits per heavy atom.